The molecule has 138 valence electrons. The highest BCUT2D eigenvalue weighted by atomic mass is 19.1. The average Bonchev–Trinajstić information content (AvgIpc) is 3.43. The minimum absolute atomic E-state index is 0.0566. The van der Waals surface area contributed by atoms with Gasteiger partial charge in [0.05, 0.1) is 11.8 Å². The first kappa shape index (κ1) is 18.0. The fraction of sp³-hybridized carbons (Fsp3) is 0.632. The van der Waals surface area contributed by atoms with Crippen molar-refractivity contribution in [2.24, 2.45) is 0 Å². The van der Waals surface area contributed by atoms with Crippen molar-refractivity contribution in [2.75, 3.05) is 24.5 Å². The van der Waals surface area contributed by atoms with Crippen LogP contribution in [0, 0.1) is 5.82 Å². The minimum atomic E-state index is -0.272. The van der Waals surface area contributed by atoms with Crippen LogP contribution in [0.2, 0.25) is 0 Å². The summed E-state index contributed by atoms with van der Waals surface area (Å²) in [4.78, 5) is 16.2. The molecule has 2 amide bonds. The monoisotopic (exact) mass is 349 g/mol. The molecule has 2 fully saturated rings. The third-order valence-electron chi connectivity index (χ3n) is 4.97. The zero-order chi connectivity index (χ0) is 17.8. The highest BCUT2D eigenvalue weighted by molar-refractivity contribution is 5.75. The van der Waals surface area contributed by atoms with Crippen LogP contribution in [0.5, 0.6) is 0 Å². The number of hydrogen-bond donors (Lipinski definition) is 2. The Morgan fingerprint density at radius 1 is 1.32 bits per heavy atom. The second-order valence-electron chi connectivity index (χ2n) is 7.09. The molecule has 1 aliphatic heterocycles. The van der Waals surface area contributed by atoms with Crippen molar-refractivity contribution in [2.45, 2.75) is 57.7 Å². The van der Waals surface area contributed by atoms with Crippen LogP contribution >= 0.6 is 0 Å². The van der Waals surface area contributed by atoms with Gasteiger partial charge in [0.15, 0.2) is 0 Å². The number of rotatable bonds is 6. The lowest BCUT2D eigenvalue weighted by molar-refractivity contribution is 0.145. The number of anilines is 1. The van der Waals surface area contributed by atoms with E-state index < -0.39 is 0 Å². The van der Waals surface area contributed by atoms with E-state index in [9.17, 15) is 14.3 Å². The molecule has 1 aromatic carbocycles. The second-order valence-corrected chi connectivity index (χ2v) is 7.09. The third kappa shape index (κ3) is 4.63. The summed E-state index contributed by atoms with van der Waals surface area (Å²) < 4.78 is 14.4. The lowest BCUT2D eigenvalue weighted by atomic mass is 10.1. The largest absolute Gasteiger partial charge is 0.393 e. The molecule has 0 atom stereocenters. The molecule has 0 radical (unpaired) electrons. The van der Waals surface area contributed by atoms with Gasteiger partial charge < -0.3 is 20.2 Å². The summed E-state index contributed by atoms with van der Waals surface area (Å²) in [5.41, 5.74) is 1.34. The van der Waals surface area contributed by atoms with Crippen molar-refractivity contribution >= 4 is 11.7 Å². The van der Waals surface area contributed by atoms with Crippen LogP contribution in [0.3, 0.4) is 0 Å². The van der Waals surface area contributed by atoms with Crippen molar-refractivity contribution in [3.05, 3.63) is 29.6 Å². The van der Waals surface area contributed by atoms with Gasteiger partial charge in [0, 0.05) is 32.2 Å². The van der Waals surface area contributed by atoms with Gasteiger partial charge in [0.2, 0.25) is 0 Å². The molecular weight excluding hydrogens is 321 g/mol. The fourth-order valence-corrected chi connectivity index (χ4v) is 3.38. The Hall–Kier alpha value is -1.82. The average molecular weight is 349 g/mol. The number of nitrogens with one attached hydrogen (secondary N) is 1. The summed E-state index contributed by atoms with van der Waals surface area (Å²) in [6.07, 6.45) is 4.18. The van der Waals surface area contributed by atoms with Crippen LogP contribution in [0.1, 0.15) is 44.6 Å². The van der Waals surface area contributed by atoms with Crippen molar-refractivity contribution in [3.63, 3.8) is 0 Å². The Labute approximate surface area is 148 Å². The number of nitrogens with zero attached hydrogens (tertiary/aromatic N) is 2. The minimum Gasteiger partial charge on any atom is -0.393 e. The SMILES string of the molecule is CCCN(C(=O)NCc1ccc(N2CCC(O)CC2)c(F)c1)C1CC1. The van der Waals surface area contributed by atoms with Gasteiger partial charge in [-0.1, -0.05) is 13.0 Å². The van der Waals surface area contributed by atoms with Gasteiger partial charge >= 0.3 is 6.03 Å². The molecule has 2 aliphatic rings. The van der Waals surface area contributed by atoms with Crippen molar-refractivity contribution < 1.29 is 14.3 Å². The third-order valence-corrected chi connectivity index (χ3v) is 4.97. The second kappa shape index (κ2) is 8.04. The quantitative estimate of drug-likeness (QED) is 0.830. The molecule has 5 nitrogen and oxygen atoms in total. The number of halogens is 1. The van der Waals surface area contributed by atoms with E-state index >= 15 is 0 Å². The topological polar surface area (TPSA) is 55.8 Å². The maximum atomic E-state index is 14.4. The number of urea groups is 1. The van der Waals surface area contributed by atoms with E-state index in [-0.39, 0.29) is 18.0 Å². The van der Waals surface area contributed by atoms with Crippen LogP contribution < -0.4 is 10.2 Å². The first-order valence-corrected chi connectivity index (χ1v) is 9.34. The lowest BCUT2D eigenvalue weighted by Gasteiger charge is -2.31. The van der Waals surface area contributed by atoms with E-state index in [0.29, 0.717) is 44.2 Å². The Kier molecular flexibility index (Phi) is 5.78. The lowest BCUT2D eigenvalue weighted by Crippen LogP contribution is -2.41. The van der Waals surface area contributed by atoms with Gasteiger partial charge in [-0.3, -0.25) is 0 Å². The smallest absolute Gasteiger partial charge is 0.317 e. The van der Waals surface area contributed by atoms with Crippen LogP contribution in [0.15, 0.2) is 18.2 Å². The van der Waals surface area contributed by atoms with E-state index in [1.54, 1.807) is 6.07 Å². The number of amides is 2. The van der Waals surface area contributed by atoms with Crippen molar-refractivity contribution in [3.8, 4) is 0 Å². The zero-order valence-corrected chi connectivity index (χ0v) is 14.9. The maximum Gasteiger partial charge on any atom is 0.317 e. The van der Waals surface area contributed by atoms with Crippen LogP contribution in [-0.2, 0) is 6.54 Å². The molecule has 6 heteroatoms. The van der Waals surface area contributed by atoms with Gasteiger partial charge in [0.1, 0.15) is 5.82 Å². The molecule has 0 unspecified atom stereocenters. The summed E-state index contributed by atoms with van der Waals surface area (Å²) in [5.74, 6) is -0.268. The van der Waals surface area contributed by atoms with E-state index in [4.69, 9.17) is 0 Å². The van der Waals surface area contributed by atoms with E-state index in [0.717, 1.165) is 31.4 Å². The molecule has 1 saturated heterocycles. The predicted molar refractivity (Wildman–Crippen MR) is 96.1 cm³/mol. The maximum absolute atomic E-state index is 14.4. The van der Waals surface area contributed by atoms with Gasteiger partial charge in [-0.25, -0.2) is 9.18 Å². The molecule has 25 heavy (non-hydrogen) atoms. The van der Waals surface area contributed by atoms with E-state index in [1.807, 2.05) is 15.9 Å². The molecule has 1 aromatic rings. The molecule has 3 rings (SSSR count). The summed E-state index contributed by atoms with van der Waals surface area (Å²) in [6.45, 7) is 4.51. The molecule has 1 saturated carbocycles. The van der Waals surface area contributed by atoms with Gasteiger partial charge in [-0.05, 0) is 49.8 Å². The van der Waals surface area contributed by atoms with Gasteiger partial charge in [-0.15, -0.1) is 0 Å². The van der Waals surface area contributed by atoms with Crippen LogP contribution in [-0.4, -0.2) is 47.8 Å². The van der Waals surface area contributed by atoms with Crippen LogP contribution in [0.25, 0.3) is 0 Å². The summed E-state index contributed by atoms with van der Waals surface area (Å²) in [5, 5.41) is 12.5. The molecule has 0 aromatic heterocycles. The Bertz CT molecular complexity index is 598. The fourth-order valence-electron chi connectivity index (χ4n) is 3.38. The number of aliphatic hydroxyl groups is 1. The zero-order valence-electron chi connectivity index (χ0n) is 14.9. The number of piperidine rings is 1. The number of aliphatic hydroxyl groups excluding tert-OH is 1. The van der Waals surface area contributed by atoms with Gasteiger partial charge in [-0.2, -0.15) is 0 Å². The molecule has 2 N–H and O–H groups in total. The van der Waals surface area contributed by atoms with Crippen molar-refractivity contribution in [1.82, 2.24) is 10.2 Å². The summed E-state index contributed by atoms with van der Waals surface area (Å²) in [6, 6.07) is 5.47. The molecule has 1 heterocycles. The van der Waals surface area contributed by atoms with Crippen LogP contribution in [0.4, 0.5) is 14.9 Å². The molecular formula is C19H28FN3O2. The first-order chi connectivity index (χ1) is 12.1. The number of benzene rings is 1. The number of carbonyl (C=O) groups excluding carboxylic acids is 1. The normalized spacial score (nSPS) is 18.3. The molecule has 0 spiro atoms. The standard InChI is InChI=1S/C19H28FN3O2/c1-2-9-23(15-4-5-15)19(25)21-13-14-3-6-18(17(20)12-14)22-10-7-16(24)8-11-22/h3,6,12,15-16,24H,2,4-5,7-11,13H2,1H3,(H,21,25). The van der Waals surface area contributed by atoms with E-state index in [2.05, 4.69) is 12.2 Å². The Morgan fingerprint density at radius 3 is 2.64 bits per heavy atom. The van der Waals surface area contributed by atoms with Gasteiger partial charge in [0.25, 0.3) is 0 Å². The Morgan fingerprint density at radius 2 is 2.04 bits per heavy atom. The summed E-state index contributed by atoms with van der Waals surface area (Å²) >= 11 is 0. The Balaban J connectivity index is 1.56. The van der Waals surface area contributed by atoms with E-state index in [1.165, 1.54) is 6.07 Å². The first-order valence-electron chi connectivity index (χ1n) is 9.34. The molecule has 1 aliphatic carbocycles. The molecule has 0 bridgehead atoms. The highest BCUT2D eigenvalue weighted by Gasteiger charge is 2.31. The van der Waals surface area contributed by atoms with Crippen molar-refractivity contribution in [1.29, 1.82) is 0 Å². The number of hydrogen-bond acceptors (Lipinski definition) is 3. The number of carbonyl (C=O) groups is 1. The summed E-state index contributed by atoms with van der Waals surface area (Å²) in [7, 11) is 0. The predicted octanol–water partition coefficient (Wildman–Crippen LogP) is 2.87. The highest BCUT2D eigenvalue weighted by Crippen LogP contribution is 2.27.